The van der Waals surface area contributed by atoms with E-state index in [1.807, 2.05) is 30.3 Å². The Bertz CT molecular complexity index is 867. The van der Waals surface area contributed by atoms with Crippen LogP contribution in [0.15, 0.2) is 54.6 Å². The topological polar surface area (TPSA) is 43.4 Å². The molecule has 0 atom stereocenters. The van der Waals surface area contributed by atoms with E-state index in [1.54, 1.807) is 12.1 Å². The second kappa shape index (κ2) is 4.24. The Hall–Kier alpha value is -2.07. The van der Waals surface area contributed by atoms with Crippen LogP contribution in [0.25, 0.3) is 21.5 Å². The first-order valence-corrected chi connectivity index (χ1v) is 7.65. The molecule has 0 aliphatic rings. The first kappa shape index (κ1) is 12.0. The quantitative estimate of drug-likeness (QED) is 0.531. The minimum absolute atomic E-state index is 0.338. The van der Waals surface area contributed by atoms with Gasteiger partial charge in [0.05, 0.1) is 6.26 Å². The summed E-state index contributed by atoms with van der Waals surface area (Å²) in [5.74, 6) is 0.338. The average Bonchev–Trinajstić information content (AvgIpc) is 2.36. The highest BCUT2D eigenvalue weighted by Crippen LogP contribution is 2.28. The number of hydrogen-bond donors (Lipinski definition) is 0. The molecule has 0 radical (unpaired) electrons. The van der Waals surface area contributed by atoms with Gasteiger partial charge in [-0.15, -0.1) is 0 Å². The molecule has 3 rings (SSSR count). The van der Waals surface area contributed by atoms with Gasteiger partial charge in [-0.2, -0.15) is 8.42 Å². The van der Waals surface area contributed by atoms with E-state index in [0.717, 1.165) is 27.8 Å². The van der Waals surface area contributed by atoms with Crippen LogP contribution in [-0.4, -0.2) is 14.7 Å². The third-order valence-electron chi connectivity index (χ3n) is 2.96. The fraction of sp³-hybridized carbons (Fsp3) is 0.0667. The summed E-state index contributed by atoms with van der Waals surface area (Å²) in [5.41, 5.74) is 0. The van der Waals surface area contributed by atoms with Crippen molar-refractivity contribution in [3.05, 3.63) is 54.6 Å². The maximum Gasteiger partial charge on any atom is 0.306 e. The zero-order valence-electron chi connectivity index (χ0n) is 10.3. The highest BCUT2D eigenvalue weighted by atomic mass is 32.2. The van der Waals surface area contributed by atoms with Crippen molar-refractivity contribution >= 4 is 31.7 Å². The van der Waals surface area contributed by atoms with Crippen LogP contribution in [0.1, 0.15) is 0 Å². The number of rotatable bonds is 2. The van der Waals surface area contributed by atoms with Crippen LogP contribution in [0.3, 0.4) is 0 Å². The smallest absolute Gasteiger partial charge is 0.306 e. The summed E-state index contributed by atoms with van der Waals surface area (Å²) >= 11 is 0. The maximum atomic E-state index is 11.1. The molecule has 3 aromatic carbocycles. The van der Waals surface area contributed by atoms with Gasteiger partial charge in [-0.3, -0.25) is 0 Å². The van der Waals surface area contributed by atoms with Crippen LogP contribution in [0.5, 0.6) is 5.75 Å². The van der Waals surface area contributed by atoms with Gasteiger partial charge in [0.1, 0.15) is 5.75 Å². The van der Waals surface area contributed by atoms with E-state index in [4.69, 9.17) is 4.18 Å². The third-order valence-corrected chi connectivity index (χ3v) is 3.46. The molecular weight excluding hydrogens is 260 g/mol. The van der Waals surface area contributed by atoms with Crippen molar-refractivity contribution < 1.29 is 12.6 Å². The van der Waals surface area contributed by atoms with Crippen LogP contribution in [0.2, 0.25) is 0 Å². The van der Waals surface area contributed by atoms with Gasteiger partial charge in [0.25, 0.3) is 0 Å². The van der Waals surface area contributed by atoms with Crippen molar-refractivity contribution in [2.75, 3.05) is 6.26 Å². The molecule has 0 saturated heterocycles. The SMILES string of the molecule is CS(=O)(=O)Oc1ccc2c(ccc3ccccc32)c1. The van der Waals surface area contributed by atoms with Crippen molar-refractivity contribution in [1.82, 2.24) is 0 Å². The molecule has 3 nitrogen and oxygen atoms in total. The summed E-state index contributed by atoms with van der Waals surface area (Å²) < 4.78 is 27.1. The molecular formula is C15H12O3S. The largest absolute Gasteiger partial charge is 0.383 e. The molecule has 0 amide bonds. The lowest BCUT2D eigenvalue weighted by Gasteiger charge is -2.07. The molecule has 0 aromatic heterocycles. The molecule has 3 aromatic rings. The number of hydrogen-bond acceptors (Lipinski definition) is 3. The normalized spacial score (nSPS) is 11.8. The minimum Gasteiger partial charge on any atom is -0.383 e. The zero-order chi connectivity index (χ0) is 13.5. The average molecular weight is 272 g/mol. The summed E-state index contributed by atoms with van der Waals surface area (Å²) in [7, 11) is -3.49. The molecule has 0 aliphatic heterocycles. The van der Waals surface area contributed by atoms with Crippen molar-refractivity contribution in [2.45, 2.75) is 0 Å². The second-order valence-corrected chi connectivity index (χ2v) is 6.03. The standard InChI is InChI=1S/C15H12O3S/c1-19(16,17)18-13-8-9-15-12(10-13)7-6-11-4-2-3-5-14(11)15/h2-10H,1H3. The molecule has 0 heterocycles. The first-order chi connectivity index (χ1) is 9.03. The predicted octanol–water partition coefficient (Wildman–Crippen LogP) is 3.33. The highest BCUT2D eigenvalue weighted by Gasteiger charge is 2.06. The Morgan fingerprint density at radius 2 is 1.53 bits per heavy atom. The van der Waals surface area contributed by atoms with E-state index in [-0.39, 0.29) is 0 Å². The summed E-state index contributed by atoms with van der Waals surface area (Å²) in [6.45, 7) is 0. The summed E-state index contributed by atoms with van der Waals surface area (Å²) in [6.07, 6.45) is 1.04. The monoisotopic (exact) mass is 272 g/mol. The molecule has 0 fully saturated rings. The summed E-state index contributed by atoms with van der Waals surface area (Å²) in [4.78, 5) is 0. The van der Waals surface area contributed by atoms with E-state index < -0.39 is 10.1 Å². The maximum absolute atomic E-state index is 11.1. The lowest BCUT2D eigenvalue weighted by Crippen LogP contribution is -2.05. The van der Waals surface area contributed by atoms with Gasteiger partial charge < -0.3 is 4.18 Å². The van der Waals surface area contributed by atoms with Crippen molar-refractivity contribution in [3.8, 4) is 5.75 Å². The van der Waals surface area contributed by atoms with Crippen molar-refractivity contribution in [2.24, 2.45) is 0 Å². The fourth-order valence-corrected chi connectivity index (χ4v) is 2.67. The summed E-state index contributed by atoms with van der Waals surface area (Å²) in [5, 5.41) is 4.34. The Labute approximate surface area is 111 Å². The third kappa shape index (κ3) is 2.39. The van der Waals surface area contributed by atoms with Crippen LogP contribution >= 0.6 is 0 Å². The lowest BCUT2D eigenvalue weighted by atomic mass is 10.0. The molecule has 0 unspecified atom stereocenters. The van der Waals surface area contributed by atoms with Crippen LogP contribution in [0, 0.1) is 0 Å². The van der Waals surface area contributed by atoms with E-state index in [2.05, 4.69) is 12.1 Å². The van der Waals surface area contributed by atoms with E-state index >= 15 is 0 Å². The Balaban J connectivity index is 2.22. The second-order valence-electron chi connectivity index (χ2n) is 4.46. The van der Waals surface area contributed by atoms with Gasteiger partial charge in [-0.1, -0.05) is 42.5 Å². The molecule has 4 heteroatoms. The van der Waals surface area contributed by atoms with Crippen LogP contribution in [0.4, 0.5) is 0 Å². The highest BCUT2D eigenvalue weighted by molar-refractivity contribution is 7.86. The molecule has 19 heavy (non-hydrogen) atoms. The van der Waals surface area contributed by atoms with Crippen molar-refractivity contribution in [3.63, 3.8) is 0 Å². The first-order valence-electron chi connectivity index (χ1n) is 5.84. The van der Waals surface area contributed by atoms with Crippen LogP contribution < -0.4 is 4.18 Å². The van der Waals surface area contributed by atoms with E-state index in [0.29, 0.717) is 5.75 Å². The summed E-state index contributed by atoms with van der Waals surface area (Å²) in [6, 6.07) is 17.4. The van der Waals surface area contributed by atoms with E-state index in [1.165, 1.54) is 0 Å². The van der Waals surface area contributed by atoms with Gasteiger partial charge in [0.2, 0.25) is 0 Å². The Morgan fingerprint density at radius 3 is 2.32 bits per heavy atom. The van der Waals surface area contributed by atoms with Gasteiger partial charge in [0.15, 0.2) is 0 Å². The molecule has 0 aliphatic carbocycles. The molecule has 96 valence electrons. The number of benzene rings is 3. The lowest BCUT2D eigenvalue weighted by molar-refractivity contribution is 0.493. The number of fused-ring (bicyclic) bond motifs is 3. The Kier molecular flexibility index (Phi) is 2.68. The van der Waals surface area contributed by atoms with Gasteiger partial charge in [-0.25, -0.2) is 0 Å². The van der Waals surface area contributed by atoms with Gasteiger partial charge in [0, 0.05) is 0 Å². The zero-order valence-corrected chi connectivity index (χ0v) is 11.1. The molecule has 0 spiro atoms. The minimum atomic E-state index is -3.49. The molecule has 0 saturated carbocycles. The Morgan fingerprint density at radius 1 is 0.842 bits per heavy atom. The fourth-order valence-electron chi connectivity index (χ4n) is 2.22. The molecule has 0 bridgehead atoms. The van der Waals surface area contributed by atoms with Crippen molar-refractivity contribution in [1.29, 1.82) is 0 Å². The molecule has 0 N–H and O–H groups in total. The van der Waals surface area contributed by atoms with E-state index in [9.17, 15) is 8.42 Å². The predicted molar refractivity (Wildman–Crippen MR) is 76.9 cm³/mol. The van der Waals surface area contributed by atoms with Gasteiger partial charge in [-0.05, 0) is 33.7 Å². The van der Waals surface area contributed by atoms with Gasteiger partial charge >= 0.3 is 10.1 Å². The van der Waals surface area contributed by atoms with Crippen LogP contribution in [-0.2, 0) is 10.1 Å².